The number of carbonyl (C=O) groups excluding carboxylic acids is 1. The molecule has 1 amide bonds. The lowest BCUT2D eigenvalue weighted by Gasteiger charge is -1.88. The quantitative estimate of drug-likeness (QED) is 0.845. The standard InChI is InChI=1S/C11H8BrNOS/c12-11-7-3-1-2-4-8(7)15-9(11)5-6-10(13)14/h1-6H,(H2,13,14)/b6-5-. The van der Waals surface area contributed by atoms with Crippen molar-refractivity contribution >= 4 is 49.3 Å². The van der Waals surface area contributed by atoms with Crippen molar-refractivity contribution in [2.75, 3.05) is 0 Å². The molecule has 0 saturated carbocycles. The van der Waals surface area contributed by atoms with Gasteiger partial charge in [-0.25, -0.2) is 0 Å². The van der Waals surface area contributed by atoms with E-state index < -0.39 is 5.91 Å². The highest BCUT2D eigenvalue weighted by Crippen LogP contribution is 2.36. The van der Waals surface area contributed by atoms with Crippen molar-refractivity contribution in [2.45, 2.75) is 0 Å². The normalized spacial score (nSPS) is 11.3. The first-order valence-electron chi connectivity index (χ1n) is 4.33. The van der Waals surface area contributed by atoms with Gasteiger partial charge in [-0.05, 0) is 28.1 Å². The molecule has 0 atom stereocenters. The van der Waals surface area contributed by atoms with Gasteiger partial charge in [0.2, 0.25) is 5.91 Å². The largest absolute Gasteiger partial charge is 0.366 e. The topological polar surface area (TPSA) is 43.1 Å². The molecule has 1 aromatic heterocycles. The zero-order valence-corrected chi connectivity index (χ0v) is 10.1. The number of carbonyl (C=O) groups is 1. The van der Waals surface area contributed by atoms with Crippen LogP contribution in [0.15, 0.2) is 34.8 Å². The molecule has 0 saturated heterocycles. The van der Waals surface area contributed by atoms with E-state index in [2.05, 4.69) is 15.9 Å². The molecular weight excluding hydrogens is 274 g/mol. The highest BCUT2D eigenvalue weighted by Gasteiger charge is 2.06. The van der Waals surface area contributed by atoms with Crippen LogP contribution < -0.4 is 5.73 Å². The van der Waals surface area contributed by atoms with Crippen LogP contribution >= 0.6 is 27.3 Å². The summed E-state index contributed by atoms with van der Waals surface area (Å²) >= 11 is 5.13. The number of nitrogens with two attached hydrogens (primary N) is 1. The molecule has 1 aromatic carbocycles. The Morgan fingerprint density at radius 2 is 2.13 bits per heavy atom. The van der Waals surface area contributed by atoms with Crippen LogP contribution in [0, 0.1) is 0 Å². The van der Waals surface area contributed by atoms with Crippen molar-refractivity contribution in [3.05, 3.63) is 39.7 Å². The average Bonchev–Trinajstić information content (AvgIpc) is 2.54. The maximum Gasteiger partial charge on any atom is 0.241 e. The lowest BCUT2D eigenvalue weighted by atomic mass is 10.2. The Kier molecular flexibility index (Phi) is 2.88. The number of benzene rings is 1. The van der Waals surface area contributed by atoms with E-state index in [1.165, 1.54) is 10.8 Å². The summed E-state index contributed by atoms with van der Waals surface area (Å²) in [4.78, 5) is 11.6. The van der Waals surface area contributed by atoms with E-state index in [4.69, 9.17) is 5.73 Å². The second-order valence-corrected chi connectivity index (χ2v) is 4.89. The summed E-state index contributed by atoms with van der Waals surface area (Å²) in [6.45, 7) is 0. The first kappa shape index (κ1) is 10.4. The summed E-state index contributed by atoms with van der Waals surface area (Å²) in [5.74, 6) is -0.431. The maximum atomic E-state index is 10.6. The molecule has 0 spiro atoms. The summed E-state index contributed by atoms with van der Waals surface area (Å²) in [5, 5.41) is 1.16. The van der Waals surface area contributed by atoms with Crippen LogP contribution in [0.2, 0.25) is 0 Å². The number of halogens is 1. The highest BCUT2D eigenvalue weighted by molar-refractivity contribution is 9.10. The number of hydrogen-bond acceptors (Lipinski definition) is 2. The third-order valence-electron chi connectivity index (χ3n) is 1.96. The average molecular weight is 282 g/mol. The van der Waals surface area contributed by atoms with Crippen molar-refractivity contribution in [2.24, 2.45) is 5.73 Å². The number of hydrogen-bond donors (Lipinski definition) is 1. The first-order valence-corrected chi connectivity index (χ1v) is 5.94. The van der Waals surface area contributed by atoms with Gasteiger partial charge >= 0.3 is 0 Å². The van der Waals surface area contributed by atoms with Crippen molar-refractivity contribution in [1.82, 2.24) is 0 Å². The molecule has 76 valence electrons. The molecule has 2 rings (SSSR count). The van der Waals surface area contributed by atoms with Crippen LogP contribution in [0.1, 0.15) is 4.88 Å². The summed E-state index contributed by atoms with van der Waals surface area (Å²) in [7, 11) is 0. The van der Waals surface area contributed by atoms with Crippen molar-refractivity contribution in [1.29, 1.82) is 0 Å². The van der Waals surface area contributed by atoms with Gasteiger partial charge in [-0.3, -0.25) is 4.79 Å². The first-order chi connectivity index (χ1) is 7.18. The molecule has 0 radical (unpaired) electrons. The Balaban J connectivity index is 2.53. The smallest absolute Gasteiger partial charge is 0.241 e. The minimum Gasteiger partial charge on any atom is -0.366 e. The van der Waals surface area contributed by atoms with Gasteiger partial charge < -0.3 is 5.73 Å². The Labute approximate surface area is 99.5 Å². The fraction of sp³-hybridized carbons (Fsp3) is 0. The van der Waals surface area contributed by atoms with Crippen LogP contribution in [0.5, 0.6) is 0 Å². The highest BCUT2D eigenvalue weighted by atomic mass is 79.9. The van der Waals surface area contributed by atoms with Gasteiger partial charge in [-0.15, -0.1) is 11.3 Å². The van der Waals surface area contributed by atoms with Crippen LogP contribution in [0.25, 0.3) is 16.2 Å². The SMILES string of the molecule is NC(=O)/C=C\c1sc2ccccc2c1Br. The fourth-order valence-electron chi connectivity index (χ4n) is 1.30. The van der Waals surface area contributed by atoms with Crippen molar-refractivity contribution in [3.8, 4) is 0 Å². The molecule has 2 aromatic rings. The molecule has 0 unspecified atom stereocenters. The van der Waals surface area contributed by atoms with Gasteiger partial charge in [-0.1, -0.05) is 18.2 Å². The summed E-state index contributed by atoms with van der Waals surface area (Å²) in [5.41, 5.74) is 5.05. The zero-order chi connectivity index (χ0) is 10.8. The van der Waals surface area contributed by atoms with Gasteiger partial charge in [0.15, 0.2) is 0 Å². The molecule has 0 aliphatic carbocycles. The summed E-state index contributed by atoms with van der Waals surface area (Å²) in [6.07, 6.45) is 3.10. The molecule has 15 heavy (non-hydrogen) atoms. The molecule has 0 fully saturated rings. The molecule has 0 aliphatic rings. The van der Waals surface area contributed by atoms with E-state index >= 15 is 0 Å². The number of fused-ring (bicyclic) bond motifs is 1. The third kappa shape index (κ3) is 2.11. The van der Waals surface area contributed by atoms with E-state index in [0.717, 1.165) is 14.7 Å². The second kappa shape index (κ2) is 4.16. The predicted molar refractivity (Wildman–Crippen MR) is 67.8 cm³/mol. The van der Waals surface area contributed by atoms with E-state index in [9.17, 15) is 4.79 Å². The Morgan fingerprint density at radius 3 is 2.80 bits per heavy atom. The second-order valence-electron chi connectivity index (χ2n) is 3.01. The Bertz CT molecular complexity index is 545. The van der Waals surface area contributed by atoms with Crippen molar-refractivity contribution in [3.63, 3.8) is 0 Å². The van der Waals surface area contributed by atoms with Gasteiger partial charge in [-0.2, -0.15) is 0 Å². The Hall–Kier alpha value is -1.13. The number of amides is 1. The predicted octanol–water partition coefficient (Wildman–Crippen LogP) is 3.16. The molecule has 2 N–H and O–H groups in total. The van der Waals surface area contributed by atoms with Crippen LogP contribution in [0.4, 0.5) is 0 Å². The minimum absolute atomic E-state index is 0.431. The lowest BCUT2D eigenvalue weighted by Crippen LogP contribution is -2.04. The van der Waals surface area contributed by atoms with Gasteiger partial charge in [0, 0.05) is 25.5 Å². The molecule has 4 heteroatoms. The van der Waals surface area contributed by atoms with Gasteiger partial charge in [0.1, 0.15) is 0 Å². The van der Waals surface area contributed by atoms with Crippen molar-refractivity contribution < 1.29 is 4.79 Å². The van der Waals surface area contributed by atoms with Gasteiger partial charge in [0.25, 0.3) is 0 Å². The molecule has 0 aliphatic heterocycles. The number of rotatable bonds is 2. The molecule has 1 heterocycles. The monoisotopic (exact) mass is 281 g/mol. The Morgan fingerprint density at radius 1 is 1.40 bits per heavy atom. The van der Waals surface area contributed by atoms with E-state index in [1.807, 2.05) is 24.3 Å². The zero-order valence-electron chi connectivity index (χ0n) is 7.74. The number of thiophene rings is 1. The third-order valence-corrected chi connectivity index (χ3v) is 4.21. The number of primary amides is 1. The molecular formula is C11H8BrNOS. The summed E-state index contributed by atoms with van der Waals surface area (Å²) in [6, 6.07) is 8.07. The molecule has 2 nitrogen and oxygen atoms in total. The molecule has 0 bridgehead atoms. The summed E-state index contributed by atoms with van der Waals surface area (Å²) < 4.78 is 2.20. The van der Waals surface area contributed by atoms with Gasteiger partial charge in [0.05, 0.1) is 0 Å². The minimum atomic E-state index is -0.431. The van der Waals surface area contributed by atoms with Crippen LogP contribution in [-0.4, -0.2) is 5.91 Å². The van der Waals surface area contributed by atoms with Crippen LogP contribution in [0.3, 0.4) is 0 Å². The van der Waals surface area contributed by atoms with E-state index in [-0.39, 0.29) is 0 Å². The fourth-order valence-corrected chi connectivity index (χ4v) is 3.15. The maximum absolute atomic E-state index is 10.6. The lowest BCUT2D eigenvalue weighted by molar-refractivity contribution is -0.113. The van der Waals surface area contributed by atoms with Crippen LogP contribution in [-0.2, 0) is 4.79 Å². The van der Waals surface area contributed by atoms with E-state index in [1.54, 1.807) is 17.4 Å². The van der Waals surface area contributed by atoms with E-state index in [0.29, 0.717) is 0 Å².